The third-order valence-corrected chi connectivity index (χ3v) is 5.97. The van der Waals surface area contributed by atoms with E-state index in [1.807, 2.05) is 36.5 Å². The molecule has 1 unspecified atom stereocenters. The van der Waals surface area contributed by atoms with Crippen LogP contribution in [0.1, 0.15) is 15.9 Å². The van der Waals surface area contributed by atoms with Gasteiger partial charge in [-0.3, -0.25) is 14.4 Å². The first kappa shape index (κ1) is 22.0. The van der Waals surface area contributed by atoms with E-state index in [1.54, 1.807) is 51.2 Å². The van der Waals surface area contributed by atoms with Crippen molar-refractivity contribution < 1.29 is 9.90 Å². The van der Waals surface area contributed by atoms with E-state index in [-0.39, 0.29) is 12.5 Å². The van der Waals surface area contributed by atoms with Crippen LogP contribution in [0.15, 0.2) is 85.6 Å². The summed E-state index contributed by atoms with van der Waals surface area (Å²) in [5.74, 6) is 0.488. The minimum absolute atomic E-state index is 0.153. The van der Waals surface area contributed by atoms with Crippen LogP contribution in [0, 0.1) is 0 Å². The summed E-state index contributed by atoms with van der Waals surface area (Å²) < 4.78 is 3.36. The molecule has 174 valence electrons. The van der Waals surface area contributed by atoms with Crippen LogP contribution >= 0.6 is 0 Å². The van der Waals surface area contributed by atoms with Gasteiger partial charge in [-0.15, -0.1) is 0 Å². The lowest BCUT2D eigenvalue weighted by Gasteiger charge is -2.33. The standard InChI is InChI=1S/C25H27N7O2/c33-24(22-8-9-23(26-16-22)32-13-5-11-28-32)30-15-14-29(17-21-6-2-1-3-7-21)18-25(34,19-30)20-31-12-4-10-27-31/h1-13,16,34H,14-15,17-20H2. The Bertz CT molecular complexity index is 1190. The lowest BCUT2D eigenvalue weighted by atomic mass is 10.0. The molecule has 0 radical (unpaired) electrons. The molecule has 1 atom stereocenters. The Balaban J connectivity index is 1.36. The Morgan fingerprint density at radius 2 is 1.76 bits per heavy atom. The molecule has 1 aromatic carbocycles. The van der Waals surface area contributed by atoms with E-state index >= 15 is 0 Å². The van der Waals surface area contributed by atoms with E-state index in [0.717, 1.165) is 0 Å². The molecule has 9 nitrogen and oxygen atoms in total. The zero-order chi connectivity index (χ0) is 23.4. The molecule has 34 heavy (non-hydrogen) atoms. The zero-order valence-electron chi connectivity index (χ0n) is 18.8. The van der Waals surface area contributed by atoms with Gasteiger partial charge in [0, 0.05) is 57.2 Å². The van der Waals surface area contributed by atoms with Gasteiger partial charge in [-0.2, -0.15) is 10.2 Å². The van der Waals surface area contributed by atoms with Crippen molar-refractivity contribution in [1.82, 2.24) is 34.3 Å². The second-order valence-electron chi connectivity index (χ2n) is 8.71. The van der Waals surface area contributed by atoms with Crippen molar-refractivity contribution >= 4 is 5.91 Å². The molecule has 5 rings (SSSR count). The minimum atomic E-state index is -1.16. The largest absolute Gasteiger partial charge is 0.385 e. The van der Waals surface area contributed by atoms with E-state index in [1.165, 1.54) is 5.56 Å². The molecule has 1 aliphatic rings. The molecule has 1 N–H and O–H groups in total. The summed E-state index contributed by atoms with van der Waals surface area (Å²) in [6, 6.07) is 17.3. The summed E-state index contributed by atoms with van der Waals surface area (Å²) in [6.07, 6.45) is 8.57. The maximum atomic E-state index is 13.4. The van der Waals surface area contributed by atoms with Gasteiger partial charge in [-0.25, -0.2) is 9.67 Å². The number of nitrogens with zero attached hydrogens (tertiary/aromatic N) is 7. The Morgan fingerprint density at radius 1 is 0.941 bits per heavy atom. The van der Waals surface area contributed by atoms with Crippen LogP contribution in [0.3, 0.4) is 0 Å². The molecule has 0 bridgehead atoms. The normalized spacial score (nSPS) is 19.1. The summed E-state index contributed by atoms with van der Waals surface area (Å²) in [6.45, 7) is 2.80. The quantitative estimate of drug-likeness (QED) is 0.475. The molecule has 4 heterocycles. The smallest absolute Gasteiger partial charge is 0.255 e. The third-order valence-electron chi connectivity index (χ3n) is 5.97. The highest BCUT2D eigenvalue weighted by Crippen LogP contribution is 2.21. The fourth-order valence-corrected chi connectivity index (χ4v) is 4.42. The van der Waals surface area contributed by atoms with E-state index in [4.69, 9.17) is 0 Å². The SMILES string of the molecule is O=C(c1ccc(-n2cccn2)nc1)N1CCN(Cc2ccccc2)CC(O)(Cn2cccn2)C1. The summed E-state index contributed by atoms with van der Waals surface area (Å²) in [5, 5.41) is 20.1. The molecule has 0 aliphatic carbocycles. The van der Waals surface area contributed by atoms with Gasteiger partial charge in [0.1, 0.15) is 5.60 Å². The van der Waals surface area contributed by atoms with E-state index in [0.29, 0.717) is 44.1 Å². The number of aromatic nitrogens is 5. The van der Waals surface area contributed by atoms with Gasteiger partial charge < -0.3 is 10.0 Å². The molecule has 9 heteroatoms. The van der Waals surface area contributed by atoms with Crippen molar-refractivity contribution in [2.24, 2.45) is 0 Å². The Labute approximate surface area is 197 Å². The van der Waals surface area contributed by atoms with Crippen LogP contribution in [-0.2, 0) is 13.1 Å². The summed E-state index contributed by atoms with van der Waals surface area (Å²) >= 11 is 0. The number of hydrogen-bond acceptors (Lipinski definition) is 6. The lowest BCUT2D eigenvalue weighted by Crippen LogP contribution is -2.51. The Morgan fingerprint density at radius 3 is 2.47 bits per heavy atom. The second-order valence-corrected chi connectivity index (χ2v) is 8.71. The van der Waals surface area contributed by atoms with Crippen molar-refractivity contribution in [1.29, 1.82) is 0 Å². The first-order valence-electron chi connectivity index (χ1n) is 11.3. The average Bonchev–Trinajstić information content (AvgIpc) is 3.54. The number of β-amino-alcohol motifs (C(OH)–C–C–N with tert-alkyl or cyclic N) is 1. The zero-order valence-corrected chi connectivity index (χ0v) is 18.8. The molecule has 1 fully saturated rings. The topological polar surface area (TPSA) is 92.3 Å². The predicted molar refractivity (Wildman–Crippen MR) is 126 cm³/mol. The number of pyridine rings is 1. The molecule has 0 saturated carbocycles. The highest BCUT2D eigenvalue weighted by atomic mass is 16.3. The molecule has 1 amide bonds. The van der Waals surface area contributed by atoms with Crippen LogP contribution in [0.2, 0.25) is 0 Å². The molecule has 0 spiro atoms. The summed E-state index contributed by atoms with van der Waals surface area (Å²) in [4.78, 5) is 21.7. The fraction of sp³-hybridized carbons (Fsp3) is 0.280. The summed E-state index contributed by atoms with van der Waals surface area (Å²) in [7, 11) is 0. The van der Waals surface area contributed by atoms with Gasteiger partial charge >= 0.3 is 0 Å². The monoisotopic (exact) mass is 457 g/mol. The first-order valence-corrected chi connectivity index (χ1v) is 11.3. The van der Waals surface area contributed by atoms with Crippen LogP contribution < -0.4 is 0 Å². The van der Waals surface area contributed by atoms with Crippen LogP contribution in [-0.4, -0.2) is 77.1 Å². The number of rotatable bonds is 6. The van der Waals surface area contributed by atoms with E-state index < -0.39 is 5.60 Å². The fourth-order valence-electron chi connectivity index (χ4n) is 4.42. The summed E-state index contributed by atoms with van der Waals surface area (Å²) in [5.41, 5.74) is 0.492. The lowest BCUT2D eigenvalue weighted by molar-refractivity contribution is -0.0184. The number of carbonyl (C=O) groups excluding carboxylic acids is 1. The first-order chi connectivity index (χ1) is 16.6. The van der Waals surface area contributed by atoms with Crippen molar-refractivity contribution in [3.05, 3.63) is 96.7 Å². The van der Waals surface area contributed by atoms with E-state index in [9.17, 15) is 9.90 Å². The molecular formula is C25H27N7O2. The molecular weight excluding hydrogens is 430 g/mol. The van der Waals surface area contributed by atoms with Crippen LogP contribution in [0.4, 0.5) is 0 Å². The van der Waals surface area contributed by atoms with Crippen molar-refractivity contribution in [2.45, 2.75) is 18.7 Å². The van der Waals surface area contributed by atoms with Gasteiger partial charge in [0.2, 0.25) is 0 Å². The van der Waals surface area contributed by atoms with E-state index in [2.05, 4.69) is 32.2 Å². The molecule has 3 aromatic heterocycles. The highest BCUT2D eigenvalue weighted by Gasteiger charge is 2.37. The van der Waals surface area contributed by atoms with Crippen molar-refractivity contribution in [2.75, 3.05) is 26.2 Å². The Hall–Kier alpha value is -3.82. The van der Waals surface area contributed by atoms with Gasteiger partial charge in [0.25, 0.3) is 5.91 Å². The van der Waals surface area contributed by atoms with Gasteiger partial charge in [0.05, 0.1) is 18.7 Å². The minimum Gasteiger partial charge on any atom is -0.385 e. The van der Waals surface area contributed by atoms with Gasteiger partial charge in [-0.1, -0.05) is 30.3 Å². The Kier molecular flexibility index (Phi) is 6.20. The maximum Gasteiger partial charge on any atom is 0.255 e. The van der Waals surface area contributed by atoms with Gasteiger partial charge in [0.15, 0.2) is 5.82 Å². The predicted octanol–water partition coefficient (Wildman–Crippen LogP) is 1.85. The van der Waals surface area contributed by atoms with Crippen molar-refractivity contribution in [3.8, 4) is 5.82 Å². The van der Waals surface area contributed by atoms with Gasteiger partial charge in [-0.05, 0) is 29.8 Å². The second kappa shape index (κ2) is 9.58. The molecule has 1 saturated heterocycles. The maximum absolute atomic E-state index is 13.4. The van der Waals surface area contributed by atoms with Crippen molar-refractivity contribution in [3.63, 3.8) is 0 Å². The molecule has 4 aromatic rings. The number of amides is 1. The third kappa shape index (κ3) is 5.05. The molecule has 1 aliphatic heterocycles. The number of aliphatic hydroxyl groups is 1. The average molecular weight is 458 g/mol. The number of carbonyl (C=O) groups is 1. The highest BCUT2D eigenvalue weighted by molar-refractivity contribution is 5.94. The number of hydrogen-bond donors (Lipinski definition) is 1. The number of benzene rings is 1. The van der Waals surface area contributed by atoms with Crippen LogP contribution in [0.25, 0.3) is 5.82 Å². The van der Waals surface area contributed by atoms with Crippen LogP contribution in [0.5, 0.6) is 0 Å².